The molecule has 2 aromatic heterocycles. The molecule has 4 atom stereocenters. The number of aliphatic hydroxyl groups excluding tert-OH is 1. The van der Waals surface area contributed by atoms with E-state index in [1.165, 1.54) is 25.4 Å². The van der Waals surface area contributed by atoms with Crippen LogP contribution in [-0.2, 0) is 4.79 Å². The Bertz CT molecular complexity index is 1360. The number of carbonyl (C=O) groups excluding carboxylic acids is 2. The number of aliphatic hydroxyl groups is 1. The maximum Gasteiger partial charge on any atom is 0.255 e. The lowest BCUT2D eigenvalue weighted by Gasteiger charge is -2.32. The lowest BCUT2D eigenvalue weighted by molar-refractivity contribution is -0.129. The van der Waals surface area contributed by atoms with Gasteiger partial charge in [0.25, 0.3) is 5.91 Å². The molecule has 0 unspecified atom stereocenters. The minimum atomic E-state index is -1.37. The molecule has 2 saturated carbocycles. The van der Waals surface area contributed by atoms with Crippen LogP contribution in [0.15, 0.2) is 24.5 Å². The van der Waals surface area contributed by atoms with E-state index in [4.69, 9.17) is 4.74 Å². The van der Waals surface area contributed by atoms with Crippen LogP contribution in [0.1, 0.15) is 55.1 Å². The van der Waals surface area contributed by atoms with Crippen LogP contribution in [0, 0.1) is 18.7 Å². The van der Waals surface area contributed by atoms with Gasteiger partial charge in [-0.1, -0.05) is 0 Å². The number of halogens is 2. The molecule has 1 aromatic carbocycles. The molecule has 2 heterocycles. The summed E-state index contributed by atoms with van der Waals surface area (Å²) in [4.78, 5) is 36.9. The van der Waals surface area contributed by atoms with Crippen LogP contribution in [0.5, 0.6) is 5.75 Å². The van der Waals surface area contributed by atoms with Gasteiger partial charge in [0, 0.05) is 23.7 Å². The van der Waals surface area contributed by atoms with Crippen molar-refractivity contribution in [2.45, 2.75) is 70.3 Å². The Morgan fingerprint density at radius 3 is 2.71 bits per heavy atom. The molecule has 38 heavy (non-hydrogen) atoms. The highest BCUT2D eigenvalue weighted by Gasteiger charge is 2.34. The number of aromatic amines is 1. The zero-order chi connectivity index (χ0) is 27.0. The molecule has 2 amide bonds. The molecule has 2 aliphatic rings. The van der Waals surface area contributed by atoms with E-state index in [9.17, 15) is 23.5 Å². The average molecular weight is 528 g/mol. The summed E-state index contributed by atoms with van der Waals surface area (Å²) >= 11 is 0. The summed E-state index contributed by atoms with van der Waals surface area (Å²) in [5.74, 6) is -0.474. The number of aromatic nitrogens is 3. The number of nitrogens with zero attached hydrogens (tertiary/aromatic N) is 2. The minimum absolute atomic E-state index is 0.0335. The Morgan fingerprint density at radius 2 is 2.00 bits per heavy atom. The third-order valence-electron chi connectivity index (χ3n) is 7.18. The Labute approximate surface area is 218 Å². The summed E-state index contributed by atoms with van der Waals surface area (Å²) in [7, 11) is 0. The van der Waals surface area contributed by atoms with Crippen molar-refractivity contribution in [2.75, 3.05) is 6.61 Å². The van der Waals surface area contributed by atoms with E-state index in [0.717, 1.165) is 12.8 Å². The van der Waals surface area contributed by atoms with Gasteiger partial charge in [0.05, 0.1) is 23.7 Å². The molecular formula is C27H31F2N5O4. The summed E-state index contributed by atoms with van der Waals surface area (Å²) in [5.41, 5.74) is 2.43. The number of H-pyrrole nitrogens is 1. The first kappa shape index (κ1) is 26.0. The number of amides is 2. The molecule has 0 radical (unpaired) electrons. The van der Waals surface area contributed by atoms with E-state index in [2.05, 4.69) is 25.6 Å². The molecule has 2 fully saturated rings. The molecule has 202 valence electrons. The second kappa shape index (κ2) is 10.6. The lowest BCUT2D eigenvalue weighted by atomic mass is 9.89. The fourth-order valence-corrected chi connectivity index (χ4v) is 4.88. The molecule has 9 nitrogen and oxygen atoms in total. The van der Waals surface area contributed by atoms with Gasteiger partial charge in [-0.15, -0.1) is 0 Å². The maximum absolute atomic E-state index is 15.0. The van der Waals surface area contributed by atoms with E-state index in [-0.39, 0.29) is 12.0 Å². The molecule has 2 aliphatic carbocycles. The minimum Gasteiger partial charge on any atom is -0.493 e. The van der Waals surface area contributed by atoms with Gasteiger partial charge < -0.3 is 25.5 Å². The van der Waals surface area contributed by atoms with Crippen molar-refractivity contribution in [1.29, 1.82) is 0 Å². The van der Waals surface area contributed by atoms with Crippen molar-refractivity contribution in [1.82, 2.24) is 25.6 Å². The van der Waals surface area contributed by atoms with Crippen molar-refractivity contribution in [3.05, 3.63) is 41.6 Å². The number of ether oxygens (including phenoxy) is 1. The Morgan fingerprint density at radius 1 is 1.21 bits per heavy atom. The number of carbonyl (C=O) groups is 2. The van der Waals surface area contributed by atoms with Crippen molar-refractivity contribution < 1.29 is 28.2 Å². The monoisotopic (exact) mass is 527 g/mol. The van der Waals surface area contributed by atoms with Gasteiger partial charge in [-0.3, -0.25) is 9.59 Å². The Hall–Kier alpha value is -3.60. The van der Waals surface area contributed by atoms with Crippen LogP contribution in [0.2, 0.25) is 0 Å². The van der Waals surface area contributed by atoms with Crippen LogP contribution >= 0.6 is 0 Å². The number of fused-ring (bicyclic) bond motifs is 1. The normalized spacial score (nSPS) is 22.2. The number of hydrogen-bond acceptors (Lipinski definition) is 6. The number of nitrogens with one attached hydrogen (secondary N) is 3. The third kappa shape index (κ3) is 5.47. The van der Waals surface area contributed by atoms with Crippen molar-refractivity contribution in [3.8, 4) is 17.0 Å². The molecule has 4 N–H and O–H groups in total. The number of hydrogen-bond donors (Lipinski definition) is 4. The fourth-order valence-electron chi connectivity index (χ4n) is 4.88. The number of benzene rings is 1. The van der Waals surface area contributed by atoms with Crippen LogP contribution in [0.4, 0.5) is 8.78 Å². The van der Waals surface area contributed by atoms with E-state index < -0.39 is 42.0 Å². The summed E-state index contributed by atoms with van der Waals surface area (Å²) in [5, 5.41) is 14.8. The number of aryl methyl sites for hydroxylation is 1. The predicted octanol–water partition coefficient (Wildman–Crippen LogP) is 3.35. The first-order valence-corrected chi connectivity index (χ1v) is 12.9. The molecule has 0 saturated heterocycles. The number of alkyl halides is 1. The van der Waals surface area contributed by atoms with Gasteiger partial charge in [0.15, 0.2) is 0 Å². The largest absolute Gasteiger partial charge is 0.493 e. The summed E-state index contributed by atoms with van der Waals surface area (Å²) in [6.07, 6.45) is 1.81. The summed E-state index contributed by atoms with van der Waals surface area (Å²) < 4.78 is 35.2. The van der Waals surface area contributed by atoms with Gasteiger partial charge in [-0.25, -0.2) is 18.7 Å². The van der Waals surface area contributed by atoms with Gasteiger partial charge >= 0.3 is 0 Å². The Balaban J connectivity index is 1.37. The van der Waals surface area contributed by atoms with Gasteiger partial charge in [0.1, 0.15) is 41.4 Å². The van der Waals surface area contributed by atoms with Crippen molar-refractivity contribution in [3.63, 3.8) is 0 Å². The standard InChI is InChI=1S/C27H31F2N5O4/c1-13-22(27(37)34-20-7-6-17(10-19(20)29)33-26(36)14(2)35)24-25(32-13)23(30-12-31-24)18-9-16(28)5-8-21(18)38-11-15-3-4-15/h5,8-9,12,14-15,17,19-20,32,35H,3-4,6-7,10-11H2,1-2H3,(H,33,36)(H,34,37)/t14-,17-,19+,20-/m0/s1. The van der Waals surface area contributed by atoms with Crippen molar-refractivity contribution in [2.24, 2.45) is 5.92 Å². The summed E-state index contributed by atoms with van der Waals surface area (Å²) in [6, 6.07) is 3.11. The number of rotatable bonds is 8. The van der Waals surface area contributed by atoms with Gasteiger partial charge in [-0.2, -0.15) is 0 Å². The zero-order valence-corrected chi connectivity index (χ0v) is 21.3. The highest BCUT2D eigenvalue weighted by molar-refractivity contribution is 6.09. The highest BCUT2D eigenvalue weighted by atomic mass is 19.1. The van der Waals surface area contributed by atoms with Crippen LogP contribution in [0.25, 0.3) is 22.3 Å². The van der Waals surface area contributed by atoms with E-state index in [0.29, 0.717) is 59.1 Å². The lowest BCUT2D eigenvalue weighted by Crippen LogP contribution is -2.51. The molecule has 0 aliphatic heterocycles. The molecule has 0 bridgehead atoms. The maximum atomic E-state index is 15.0. The molecule has 11 heteroatoms. The quantitative estimate of drug-likeness (QED) is 0.356. The molecule has 3 aromatic rings. The smallest absolute Gasteiger partial charge is 0.255 e. The predicted molar refractivity (Wildman–Crippen MR) is 136 cm³/mol. The van der Waals surface area contributed by atoms with Crippen LogP contribution in [-0.4, -0.2) is 62.8 Å². The fraction of sp³-hybridized carbons (Fsp3) is 0.481. The topological polar surface area (TPSA) is 129 Å². The van der Waals surface area contributed by atoms with Crippen LogP contribution < -0.4 is 15.4 Å². The molecule has 0 spiro atoms. The second-order valence-corrected chi connectivity index (χ2v) is 10.3. The van der Waals surface area contributed by atoms with Gasteiger partial charge in [-0.05, 0) is 63.6 Å². The van der Waals surface area contributed by atoms with E-state index in [1.807, 2.05) is 0 Å². The molecular weight excluding hydrogens is 496 g/mol. The SMILES string of the molecule is Cc1[nH]c2c(-c3cc(F)ccc3OCC3CC3)ncnc2c1C(=O)N[C@H]1CC[C@H](NC(=O)[C@H](C)O)C[C@H]1F. The second-order valence-electron chi connectivity index (χ2n) is 10.3. The first-order valence-electron chi connectivity index (χ1n) is 12.9. The first-order chi connectivity index (χ1) is 18.2. The van der Waals surface area contributed by atoms with E-state index >= 15 is 0 Å². The van der Waals surface area contributed by atoms with Crippen LogP contribution in [0.3, 0.4) is 0 Å². The van der Waals surface area contributed by atoms with Crippen molar-refractivity contribution >= 4 is 22.8 Å². The zero-order valence-electron chi connectivity index (χ0n) is 21.3. The Kier molecular flexibility index (Phi) is 7.29. The van der Waals surface area contributed by atoms with E-state index in [1.54, 1.807) is 13.0 Å². The third-order valence-corrected chi connectivity index (χ3v) is 7.18. The summed E-state index contributed by atoms with van der Waals surface area (Å²) in [6.45, 7) is 3.61. The molecule has 5 rings (SSSR count). The highest BCUT2D eigenvalue weighted by Crippen LogP contribution is 2.37. The van der Waals surface area contributed by atoms with Gasteiger partial charge in [0.2, 0.25) is 5.91 Å². The average Bonchev–Trinajstić information content (AvgIpc) is 3.64.